The molecule has 0 aliphatic carbocycles. The fourth-order valence-corrected chi connectivity index (χ4v) is 3.52. The van der Waals surface area contributed by atoms with Crippen LogP contribution in [0, 0.1) is 0 Å². The summed E-state index contributed by atoms with van der Waals surface area (Å²) in [6, 6.07) is 9.20. The van der Waals surface area contributed by atoms with Crippen LogP contribution in [0.5, 0.6) is 0 Å². The van der Waals surface area contributed by atoms with Gasteiger partial charge in [0.15, 0.2) is 5.79 Å². The fourth-order valence-electron chi connectivity index (χ4n) is 3.52. The van der Waals surface area contributed by atoms with Gasteiger partial charge in [-0.05, 0) is 43.5 Å². The zero-order chi connectivity index (χ0) is 17.7. The van der Waals surface area contributed by atoms with Crippen molar-refractivity contribution in [2.45, 2.75) is 78.2 Å². The van der Waals surface area contributed by atoms with Crippen molar-refractivity contribution < 1.29 is 9.47 Å². The van der Waals surface area contributed by atoms with Crippen LogP contribution in [0.2, 0.25) is 0 Å². The van der Waals surface area contributed by atoms with Gasteiger partial charge in [0.05, 0.1) is 13.2 Å². The summed E-state index contributed by atoms with van der Waals surface area (Å²) in [6.45, 7) is 16.8. The van der Waals surface area contributed by atoms with Crippen molar-refractivity contribution >= 4 is 10.9 Å². The summed E-state index contributed by atoms with van der Waals surface area (Å²) in [5.41, 5.74) is 4.12. The SMILES string of the molecule is CC(C)c1ccc2c(c1)cc(C(C)(C)C)n2CC1COC(C)(C)O1. The minimum atomic E-state index is -0.472. The van der Waals surface area contributed by atoms with Gasteiger partial charge < -0.3 is 14.0 Å². The highest BCUT2D eigenvalue weighted by atomic mass is 16.7. The maximum Gasteiger partial charge on any atom is 0.163 e. The molecular weight excluding hydrogens is 298 g/mol. The van der Waals surface area contributed by atoms with E-state index < -0.39 is 5.79 Å². The van der Waals surface area contributed by atoms with Gasteiger partial charge in [-0.1, -0.05) is 40.7 Å². The number of ether oxygens (including phenoxy) is 2. The molecule has 1 atom stereocenters. The maximum absolute atomic E-state index is 6.06. The highest BCUT2D eigenvalue weighted by Gasteiger charge is 2.34. The second-order valence-electron chi connectivity index (χ2n) is 8.81. The van der Waals surface area contributed by atoms with E-state index >= 15 is 0 Å². The fraction of sp³-hybridized carbons (Fsp3) is 0.619. The number of aromatic nitrogens is 1. The summed E-state index contributed by atoms with van der Waals surface area (Å²) in [5.74, 6) is 0.0727. The third-order valence-electron chi connectivity index (χ3n) is 4.81. The third kappa shape index (κ3) is 3.38. The molecule has 2 aromatic rings. The molecule has 0 saturated carbocycles. The Labute approximate surface area is 145 Å². The first-order valence-corrected chi connectivity index (χ1v) is 9.02. The summed E-state index contributed by atoms with van der Waals surface area (Å²) in [5, 5.41) is 1.32. The van der Waals surface area contributed by atoms with Gasteiger partial charge in [0.25, 0.3) is 0 Å². The molecule has 1 fully saturated rings. The molecule has 1 aliphatic rings. The Morgan fingerprint density at radius 3 is 2.46 bits per heavy atom. The Morgan fingerprint density at radius 2 is 1.92 bits per heavy atom. The van der Waals surface area contributed by atoms with Gasteiger partial charge in [0, 0.05) is 22.0 Å². The standard InChI is InChI=1S/C21H31NO2/c1-14(2)15-8-9-18-16(10-15)11-19(20(3,4)5)22(18)12-17-13-23-21(6,7)24-17/h8-11,14,17H,12-13H2,1-7H3. The first-order chi connectivity index (χ1) is 11.1. The van der Waals surface area contributed by atoms with Gasteiger partial charge in [0.1, 0.15) is 6.10 Å². The molecule has 3 heteroatoms. The Balaban J connectivity index is 2.03. The van der Waals surface area contributed by atoms with Crippen LogP contribution in [0.15, 0.2) is 24.3 Å². The molecule has 0 bridgehead atoms. The van der Waals surface area contributed by atoms with E-state index in [1.165, 1.54) is 22.2 Å². The van der Waals surface area contributed by atoms with Gasteiger partial charge in [-0.25, -0.2) is 0 Å². The van der Waals surface area contributed by atoms with E-state index in [-0.39, 0.29) is 11.5 Å². The number of benzene rings is 1. The molecule has 2 heterocycles. The van der Waals surface area contributed by atoms with Crippen molar-refractivity contribution in [3.63, 3.8) is 0 Å². The van der Waals surface area contributed by atoms with Crippen molar-refractivity contribution in [3.8, 4) is 0 Å². The number of rotatable bonds is 3. The summed E-state index contributed by atoms with van der Waals surface area (Å²) < 4.78 is 14.2. The van der Waals surface area contributed by atoms with Gasteiger partial charge in [-0.15, -0.1) is 0 Å². The summed E-state index contributed by atoms with van der Waals surface area (Å²) in [6.07, 6.45) is 0.0986. The van der Waals surface area contributed by atoms with Crippen LogP contribution in [0.1, 0.15) is 65.6 Å². The first kappa shape index (κ1) is 17.5. The average molecular weight is 329 g/mol. The number of hydrogen-bond donors (Lipinski definition) is 0. The molecule has 132 valence electrons. The second kappa shape index (κ2) is 5.89. The number of fused-ring (bicyclic) bond motifs is 1. The van der Waals surface area contributed by atoms with E-state index in [0.717, 1.165) is 6.54 Å². The number of nitrogens with zero attached hydrogens (tertiary/aromatic N) is 1. The van der Waals surface area contributed by atoms with Crippen LogP contribution in [0.4, 0.5) is 0 Å². The van der Waals surface area contributed by atoms with E-state index in [9.17, 15) is 0 Å². The van der Waals surface area contributed by atoms with E-state index in [1.54, 1.807) is 0 Å². The van der Waals surface area contributed by atoms with E-state index in [1.807, 2.05) is 13.8 Å². The van der Waals surface area contributed by atoms with Gasteiger partial charge in [0.2, 0.25) is 0 Å². The monoisotopic (exact) mass is 329 g/mol. The van der Waals surface area contributed by atoms with Crippen molar-refractivity contribution in [3.05, 3.63) is 35.5 Å². The molecule has 1 saturated heterocycles. The molecule has 0 spiro atoms. The normalized spacial score (nSPS) is 21.1. The van der Waals surface area contributed by atoms with Crippen molar-refractivity contribution in [1.82, 2.24) is 4.57 Å². The maximum atomic E-state index is 6.06. The van der Waals surface area contributed by atoms with Gasteiger partial charge in [-0.2, -0.15) is 0 Å². The molecule has 0 radical (unpaired) electrons. The van der Waals surface area contributed by atoms with Crippen LogP contribution in [-0.2, 0) is 21.4 Å². The Bertz CT molecular complexity index is 734. The van der Waals surface area contributed by atoms with Crippen molar-refractivity contribution in [2.75, 3.05) is 6.61 Å². The lowest BCUT2D eigenvalue weighted by molar-refractivity contribution is -0.139. The Morgan fingerprint density at radius 1 is 1.21 bits per heavy atom. The summed E-state index contributed by atoms with van der Waals surface area (Å²) in [7, 11) is 0. The minimum absolute atomic E-state index is 0.0893. The van der Waals surface area contributed by atoms with Crippen LogP contribution in [0.3, 0.4) is 0 Å². The first-order valence-electron chi connectivity index (χ1n) is 9.02. The molecular formula is C21H31NO2. The predicted octanol–water partition coefficient (Wildman–Crippen LogP) is 5.21. The van der Waals surface area contributed by atoms with Crippen LogP contribution in [0.25, 0.3) is 10.9 Å². The van der Waals surface area contributed by atoms with Crippen molar-refractivity contribution in [2.24, 2.45) is 0 Å². The molecule has 1 unspecified atom stereocenters. The molecule has 1 aromatic heterocycles. The van der Waals surface area contributed by atoms with E-state index in [2.05, 4.69) is 63.5 Å². The lowest BCUT2D eigenvalue weighted by atomic mass is 9.92. The average Bonchev–Trinajstić information content (AvgIpc) is 2.99. The van der Waals surface area contributed by atoms with Gasteiger partial charge >= 0.3 is 0 Å². The predicted molar refractivity (Wildman–Crippen MR) is 99.6 cm³/mol. The Kier molecular flexibility index (Phi) is 4.29. The molecule has 1 aliphatic heterocycles. The molecule has 0 N–H and O–H groups in total. The summed E-state index contributed by atoms with van der Waals surface area (Å²) >= 11 is 0. The lowest BCUT2D eigenvalue weighted by Crippen LogP contribution is -2.26. The number of hydrogen-bond acceptors (Lipinski definition) is 2. The molecule has 3 rings (SSSR count). The summed E-state index contributed by atoms with van der Waals surface area (Å²) in [4.78, 5) is 0. The van der Waals surface area contributed by atoms with E-state index in [0.29, 0.717) is 12.5 Å². The largest absolute Gasteiger partial charge is 0.348 e. The smallest absolute Gasteiger partial charge is 0.163 e. The van der Waals surface area contributed by atoms with Crippen LogP contribution in [-0.4, -0.2) is 23.1 Å². The lowest BCUT2D eigenvalue weighted by Gasteiger charge is -2.24. The topological polar surface area (TPSA) is 23.4 Å². The zero-order valence-corrected chi connectivity index (χ0v) is 16.1. The van der Waals surface area contributed by atoms with E-state index in [4.69, 9.17) is 9.47 Å². The molecule has 0 amide bonds. The molecule has 3 nitrogen and oxygen atoms in total. The van der Waals surface area contributed by atoms with Gasteiger partial charge in [-0.3, -0.25) is 0 Å². The highest BCUT2D eigenvalue weighted by molar-refractivity contribution is 5.82. The Hall–Kier alpha value is -1.32. The molecule has 24 heavy (non-hydrogen) atoms. The zero-order valence-electron chi connectivity index (χ0n) is 16.1. The van der Waals surface area contributed by atoms with Crippen LogP contribution >= 0.6 is 0 Å². The highest BCUT2D eigenvalue weighted by Crippen LogP contribution is 2.33. The third-order valence-corrected chi connectivity index (χ3v) is 4.81. The quantitative estimate of drug-likeness (QED) is 0.771. The van der Waals surface area contributed by atoms with Crippen molar-refractivity contribution in [1.29, 1.82) is 0 Å². The molecule has 1 aromatic carbocycles. The second-order valence-corrected chi connectivity index (χ2v) is 8.81. The minimum Gasteiger partial charge on any atom is -0.348 e. The van der Waals surface area contributed by atoms with Crippen LogP contribution < -0.4 is 0 Å².